The number of amides is 1. The van der Waals surface area contributed by atoms with Gasteiger partial charge >= 0.3 is 0 Å². The number of rotatable bonds is 3. The smallest absolute Gasteiger partial charge is 0.263 e. The fourth-order valence-corrected chi connectivity index (χ4v) is 2.56. The minimum atomic E-state index is -0.473. The molecule has 2 rings (SSSR count). The highest BCUT2D eigenvalue weighted by Crippen LogP contribution is 2.25. The van der Waals surface area contributed by atoms with E-state index in [1.807, 2.05) is 29.2 Å². The van der Waals surface area contributed by atoms with Gasteiger partial charge in [0, 0.05) is 25.7 Å². The highest BCUT2D eigenvalue weighted by molar-refractivity contribution is 9.10. The fraction of sp³-hybridized carbons (Fsp3) is 0.500. The van der Waals surface area contributed by atoms with Crippen LogP contribution in [-0.2, 0) is 4.79 Å². The topological polar surface area (TPSA) is 41.6 Å². The molecule has 1 aromatic carbocycles. The maximum atomic E-state index is 12.4. The monoisotopic (exact) mass is 362 g/mol. The Morgan fingerprint density at radius 3 is 2.85 bits per heavy atom. The summed E-state index contributed by atoms with van der Waals surface area (Å²) in [6.45, 7) is 6.28. The average molecular weight is 364 g/mol. The van der Waals surface area contributed by atoms with Crippen molar-refractivity contribution in [2.24, 2.45) is 0 Å². The van der Waals surface area contributed by atoms with Gasteiger partial charge in [0.25, 0.3) is 5.91 Å². The van der Waals surface area contributed by atoms with Crippen LogP contribution in [0.3, 0.4) is 0 Å². The standard InChI is InChI=1S/C14H19BrN2O2.ClH/c1-10-9-16-7-8-17(10)14(18)11(2)19-13-6-4-3-5-12(13)15;/h3-6,10-11,16H,7-9H2,1-2H3;1H. The lowest BCUT2D eigenvalue weighted by atomic mass is 10.2. The zero-order valence-corrected chi connectivity index (χ0v) is 14.0. The molecule has 1 saturated heterocycles. The number of hydrogen-bond acceptors (Lipinski definition) is 3. The Morgan fingerprint density at radius 2 is 2.20 bits per heavy atom. The van der Waals surface area contributed by atoms with Crippen LogP contribution in [0.4, 0.5) is 0 Å². The van der Waals surface area contributed by atoms with Gasteiger partial charge in [-0.25, -0.2) is 0 Å². The van der Waals surface area contributed by atoms with Gasteiger partial charge < -0.3 is 15.0 Å². The molecule has 1 N–H and O–H groups in total. The first-order chi connectivity index (χ1) is 9.09. The third-order valence-corrected chi connectivity index (χ3v) is 3.93. The lowest BCUT2D eigenvalue weighted by Gasteiger charge is -2.35. The van der Waals surface area contributed by atoms with Crippen LogP contribution in [-0.4, -0.2) is 42.6 Å². The summed E-state index contributed by atoms with van der Waals surface area (Å²) in [7, 11) is 0. The van der Waals surface area contributed by atoms with Gasteiger partial charge in [0.2, 0.25) is 0 Å². The van der Waals surface area contributed by atoms with E-state index in [9.17, 15) is 4.79 Å². The molecule has 6 heteroatoms. The summed E-state index contributed by atoms with van der Waals surface area (Å²) >= 11 is 3.42. The summed E-state index contributed by atoms with van der Waals surface area (Å²) in [6.07, 6.45) is -0.473. The van der Waals surface area contributed by atoms with Crippen LogP contribution in [0.5, 0.6) is 5.75 Å². The summed E-state index contributed by atoms with van der Waals surface area (Å²) in [5, 5.41) is 3.27. The van der Waals surface area contributed by atoms with Crippen LogP contribution in [0.1, 0.15) is 13.8 Å². The Morgan fingerprint density at radius 1 is 1.50 bits per heavy atom. The number of benzene rings is 1. The van der Waals surface area contributed by atoms with Crippen molar-refractivity contribution in [3.05, 3.63) is 28.7 Å². The summed E-state index contributed by atoms with van der Waals surface area (Å²) < 4.78 is 6.61. The number of nitrogens with zero attached hydrogens (tertiary/aromatic N) is 1. The Labute approximate surface area is 134 Å². The number of piperazine rings is 1. The number of halogens is 2. The maximum absolute atomic E-state index is 12.4. The van der Waals surface area contributed by atoms with Crippen LogP contribution < -0.4 is 10.1 Å². The second-order valence-corrected chi connectivity index (χ2v) is 5.63. The first-order valence-corrected chi connectivity index (χ1v) is 7.31. The van der Waals surface area contributed by atoms with Crippen LogP contribution in [0.25, 0.3) is 0 Å². The Kier molecular flexibility index (Phi) is 6.79. The molecule has 0 aromatic heterocycles. The number of carbonyl (C=O) groups is 1. The van der Waals surface area contributed by atoms with Crippen molar-refractivity contribution in [1.29, 1.82) is 0 Å². The lowest BCUT2D eigenvalue weighted by Crippen LogP contribution is -2.55. The third-order valence-electron chi connectivity index (χ3n) is 3.27. The summed E-state index contributed by atoms with van der Waals surface area (Å²) in [5.41, 5.74) is 0. The van der Waals surface area contributed by atoms with E-state index >= 15 is 0 Å². The first kappa shape index (κ1) is 17.3. The van der Waals surface area contributed by atoms with Crippen LogP contribution in [0, 0.1) is 0 Å². The molecule has 1 aromatic rings. The molecule has 4 nitrogen and oxygen atoms in total. The molecular formula is C14H20BrClN2O2. The second-order valence-electron chi connectivity index (χ2n) is 4.78. The van der Waals surface area contributed by atoms with Crippen molar-refractivity contribution in [3.8, 4) is 5.75 Å². The summed E-state index contributed by atoms with van der Waals surface area (Å²) in [6, 6.07) is 7.79. The largest absolute Gasteiger partial charge is 0.480 e. The molecule has 0 radical (unpaired) electrons. The van der Waals surface area contributed by atoms with E-state index < -0.39 is 6.10 Å². The van der Waals surface area contributed by atoms with Gasteiger partial charge in [0.05, 0.1) is 4.47 Å². The molecule has 0 saturated carbocycles. The maximum Gasteiger partial charge on any atom is 0.263 e. The molecule has 1 aliphatic rings. The predicted molar refractivity (Wildman–Crippen MR) is 85.5 cm³/mol. The number of hydrogen-bond donors (Lipinski definition) is 1. The fourth-order valence-electron chi connectivity index (χ4n) is 2.18. The van der Waals surface area contributed by atoms with Crippen molar-refractivity contribution in [3.63, 3.8) is 0 Å². The van der Waals surface area contributed by atoms with Crippen molar-refractivity contribution in [1.82, 2.24) is 10.2 Å². The number of carbonyl (C=O) groups excluding carboxylic acids is 1. The van der Waals surface area contributed by atoms with Crippen LogP contribution >= 0.6 is 28.3 Å². The number of para-hydroxylation sites is 1. The van der Waals surface area contributed by atoms with Crippen molar-refractivity contribution in [2.45, 2.75) is 26.0 Å². The Hall–Kier alpha value is -0.780. The molecule has 0 spiro atoms. The lowest BCUT2D eigenvalue weighted by molar-refractivity contribution is -0.140. The number of ether oxygens (including phenoxy) is 1. The third kappa shape index (κ3) is 4.11. The van der Waals surface area contributed by atoms with Gasteiger partial charge in [0.1, 0.15) is 5.75 Å². The van der Waals surface area contributed by atoms with Crippen molar-refractivity contribution in [2.75, 3.05) is 19.6 Å². The van der Waals surface area contributed by atoms with Crippen LogP contribution in [0.15, 0.2) is 28.7 Å². The number of nitrogens with one attached hydrogen (secondary N) is 1. The molecule has 20 heavy (non-hydrogen) atoms. The van der Waals surface area contributed by atoms with Gasteiger partial charge in [-0.1, -0.05) is 12.1 Å². The quantitative estimate of drug-likeness (QED) is 0.897. The molecule has 1 aliphatic heterocycles. The first-order valence-electron chi connectivity index (χ1n) is 6.52. The summed E-state index contributed by atoms with van der Waals surface area (Å²) in [5.74, 6) is 0.746. The van der Waals surface area contributed by atoms with Gasteiger partial charge in [-0.15, -0.1) is 12.4 Å². The molecular weight excluding hydrogens is 344 g/mol. The highest BCUT2D eigenvalue weighted by Gasteiger charge is 2.28. The molecule has 0 aliphatic carbocycles. The van der Waals surface area contributed by atoms with E-state index in [2.05, 4.69) is 28.2 Å². The zero-order valence-electron chi connectivity index (χ0n) is 11.6. The highest BCUT2D eigenvalue weighted by atomic mass is 79.9. The SMILES string of the molecule is CC(Oc1ccccc1Br)C(=O)N1CCNCC1C.Cl. The Balaban J connectivity index is 0.00000200. The predicted octanol–water partition coefficient (Wildman–Crippen LogP) is 2.46. The molecule has 112 valence electrons. The second kappa shape index (κ2) is 7.86. The molecule has 1 amide bonds. The van der Waals surface area contributed by atoms with E-state index in [1.54, 1.807) is 6.92 Å². The molecule has 2 unspecified atom stereocenters. The molecule has 1 fully saturated rings. The summed E-state index contributed by atoms with van der Waals surface area (Å²) in [4.78, 5) is 14.3. The van der Waals surface area contributed by atoms with Gasteiger partial charge in [-0.2, -0.15) is 0 Å². The van der Waals surface area contributed by atoms with Gasteiger partial charge in [0.15, 0.2) is 6.10 Å². The van der Waals surface area contributed by atoms with E-state index in [-0.39, 0.29) is 24.4 Å². The van der Waals surface area contributed by atoms with Crippen molar-refractivity contribution < 1.29 is 9.53 Å². The average Bonchev–Trinajstić information content (AvgIpc) is 2.41. The van der Waals surface area contributed by atoms with E-state index in [0.717, 1.165) is 24.1 Å². The molecule has 0 bridgehead atoms. The van der Waals surface area contributed by atoms with Crippen molar-refractivity contribution >= 4 is 34.2 Å². The molecule has 2 atom stereocenters. The van der Waals surface area contributed by atoms with Gasteiger partial charge in [-0.05, 0) is 41.9 Å². The Bertz CT molecular complexity index is 459. The van der Waals surface area contributed by atoms with Gasteiger partial charge in [-0.3, -0.25) is 4.79 Å². The van der Waals surface area contributed by atoms with E-state index in [0.29, 0.717) is 5.75 Å². The minimum Gasteiger partial charge on any atom is -0.480 e. The minimum absolute atomic E-state index is 0. The molecule has 1 heterocycles. The van der Waals surface area contributed by atoms with E-state index in [1.165, 1.54) is 0 Å². The normalized spacial score (nSPS) is 19.9. The van der Waals surface area contributed by atoms with E-state index in [4.69, 9.17) is 4.74 Å². The zero-order chi connectivity index (χ0) is 13.8. The van der Waals surface area contributed by atoms with Crippen LogP contribution in [0.2, 0.25) is 0 Å².